The Bertz CT molecular complexity index is 1730. The standard InChI is InChI=1S/C29H19F6NS/c1-16-22(19-13-7-9-15-21(19)37-16)24-25(28(32,33)29(34,35)27(24,30)31)23-18-12-6-8-14-20(18)36(2)26(23)17-10-4-3-5-11-17/h3-15H,1-2H3. The predicted molar refractivity (Wildman–Crippen MR) is 137 cm³/mol. The van der Waals surface area contributed by atoms with Crippen molar-refractivity contribution in [1.29, 1.82) is 0 Å². The van der Waals surface area contributed by atoms with E-state index in [-0.39, 0.29) is 32.5 Å². The van der Waals surface area contributed by atoms with Crippen molar-refractivity contribution in [2.45, 2.75) is 24.7 Å². The lowest BCUT2D eigenvalue weighted by Gasteiger charge is -2.26. The van der Waals surface area contributed by atoms with Crippen molar-refractivity contribution in [1.82, 2.24) is 4.57 Å². The molecule has 0 fully saturated rings. The second kappa shape index (κ2) is 7.74. The van der Waals surface area contributed by atoms with Crippen LogP contribution in [-0.2, 0) is 7.05 Å². The monoisotopic (exact) mass is 527 g/mol. The van der Waals surface area contributed by atoms with E-state index >= 15 is 26.3 Å². The van der Waals surface area contributed by atoms with Crippen LogP contribution in [0.3, 0.4) is 0 Å². The number of fused-ring (bicyclic) bond motifs is 2. The first kappa shape index (κ1) is 23.9. The number of rotatable bonds is 3. The summed E-state index contributed by atoms with van der Waals surface area (Å²) in [6, 6.07) is 21.2. The molecule has 0 aliphatic heterocycles. The molecule has 6 rings (SSSR count). The third-order valence-corrected chi connectivity index (χ3v) is 8.18. The van der Waals surface area contributed by atoms with Crippen LogP contribution in [0.15, 0.2) is 78.9 Å². The number of hydrogen-bond acceptors (Lipinski definition) is 1. The van der Waals surface area contributed by atoms with Crippen LogP contribution >= 0.6 is 11.3 Å². The van der Waals surface area contributed by atoms with Gasteiger partial charge in [-0.25, -0.2) is 0 Å². The van der Waals surface area contributed by atoms with Gasteiger partial charge in [0.05, 0.1) is 5.69 Å². The molecule has 0 radical (unpaired) electrons. The topological polar surface area (TPSA) is 4.93 Å². The van der Waals surface area contributed by atoms with E-state index in [1.165, 1.54) is 19.1 Å². The number of halogens is 6. The van der Waals surface area contributed by atoms with Crippen molar-refractivity contribution in [2.24, 2.45) is 7.05 Å². The number of allylic oxidation sites excluding steroid dienone is 2. The molecule has 0 amide bonds. The summed E-state index contributed by atoms with van der Waals surface area (Å²) in [6.07, 6.45) is 0. The zero-order valence-corrected chi connectivity index (χ0v) is 20.4. The van der Waals surface area contributed by atoms with Crippen molar-refractivity contribution in [3.05, 3.63) is 94.9 Å². The zero-order chi connectivity index (χ0) is 26.3. The third kappa shape index (κ3) is 2.99. The maximum atomic E-state index is 15.9. The molecule has 0 bridgehead atoms. The largest absolute Gasteiger partial charge is 0.380 e. The minimum atomic E-state index is -5.63. The van der Waals surface area contributed by atoms with Crippen LogP contribution in [0.25, 0.3) is 43.4 Å². The van der Waals surface area contributed by atoms with E-state index in [2.05, 4.69) is 0 Å². The van der Waals surface area contributed by atoms with E-state index in [9.17, 15) is 0 Å². The Morgan fingerprint density at radius 1 is 0.649 bits per heavy atom. The van der Waals surface area contributed by atoms with Crippen molar-refractivity contribution >= 4 is 43.5 Å². The normalized spacial score (nSPS) is 18.3. The summed E-state index contributed by atoms with van der Waals surface area (Å²) in [4.78, 5) is 0.267. The highest BCUT2D eigenvalue weighted by molar-refractivity contribution is 7.19. The molecule has 1 aliphatic rings. The Hall–Kier alpha value is -3.52. The summed E-state index contributed by atoms with van der Waals surface area (Å²) < 4.78 is 95.8. The van der Waals surface area contributed by atoms with E-state index < -0.39 is 28.9 Å². The number of alkyl halides is 6. The highest BCUT2D eigenvalue weighted by atomic mass is 32.1. The number of benzene rings is 3. The lowest BCUT2D eigenvalue weighted by atomic mass is 9.90. The number of para-hydroxylation sites is 1. The molecule has 0 saturated heterocycles. The molecule has 1 aliphatic carbocycles. The summed E-state index contributed by atoms with van der Waals surface area (Å²) in [7, 11) is 1.61. The van der Waals surface area contributed by atoms with Crippen molar-refractivity contribution in [3.63, 3.8) is 0 Å². The predicted octanol–water partition coefficient (Wildman–Crippen LogP) is 9.20. The second-order valence-electron chi connectivity index (χ2n) is 9.17. The Labute approximate surface area is 212 Å². The van der Waals surface area contributed by atoms with E-state index in [0.717, 1.165) is 11.3 Å². The summed E-state index contributed by atoms with van der Waals surface area (Å²) >= 11 is 1.11. The fourth-order valence-corrected chi connectivity index (χ4v) is 6.52. The molecule has 0 spiro atoms. The molecule has 3 aromatic carbocycles. The van der Waals surface area contributed by atoms with Crippen LogP contribution in [0.4, 0.5) is 26.3 Å². The smallest absolute Gasteiger partial charge is 0.343 e. The molecule has 5 aromatic rings. The first-order valence-corrected chi connectivity index (χ1v) is 12.3. The van der Waals surface area contributed by atoms with Gasteiger partial charge in [-0.15, -0.1) is 11.3 Å². The Kier molecular flexibility index (Phi) is 4.99. The molecule has 37 heavy (non-hydrogen) atoms. The van der Waals surface area contributed by atoms with Gasteiger partial charge in [-0.2, -0.15) is 26.3 Å². The van der Waals surface area contributed by atoms with Gasteiger partial charge in [0.25, 0.3) is 0 Å². The Morgan fingerprint density at radius 3 is 1.86 bits per heavy atom. The summed E-state index contributed by atoms with van der Waals surface area (Å²) in [5.41, 5.74) is -2.13. The molecule has 188 valence electrons. The first-order valence-electron chi connectivity index (χ1n) is 11.5. The van der Waals surface area contributed by atoms with E-state index in [0.29, 0.717) is 15.8 Å². The van der Waals surface area contributed by atoms with Crippen LogP contribution in [0, 0.1) is 6.92 Å². The van der Waals surface area contributed by atoms with Gasteiger partial charge in [-0.1, -0.05) is 66.7 Å². The maximum absolute atomic E-state index is 15.9. The van der Waals surface area contributed by atoms with Gasteiger partial charge < -0.3 is 4.57 Å². The minimum Gasteiger partial charge on any atom is -0.343 e. The average molecular weight is 528 g/mol. The van der Waals surface area contributed by atoms with Gasteiger partial charge in [0.15, 0.2) is 0 Å². The SMILES string of the molecule is Cc1sc2ccccc2c1C1=C(c2c(-c3ccccc3)n(C)c3ccccc23)C(F)(F)C(F)(F)C1(F)F. The van der Waals surface area contributed by atoms with Gasteiger partial charge in [0, 0.05) is 55.2 Å². The van der Waals surface area contributed by atoms with Crippen molar-refractivity contribution in [2.75, 3.05) is 0 Å². The number of hydrogen-bond donors (Lipinski definition) is 0. The van der Waals surface area contributed by atoms with Crippen LogP contribution in [-0.4, -0.2) is 22.3 Å². The summed E-state index contributed by atoms with van der Waals surface area (Å²) in [5.74, 6) is -15.9. The van der Waals surface area contributed by atoms with Crippen LogP contribution in [0.2, 0.25) is 0 Å². The maximum Gasteiger partial charge on any atom is 0.380 e. The number of aryl methyl sites for hydroxylation is 2. The summed E-state index contributed by atoms with van der Waals surface area (Å²) in [6.45, 7) is 1.50. The van der Waals surface area contributed by atoms with Gasteiger partial charge >= 0.3 is 17.8 Å². The number of aromatic nitrogens is 1. The molecule has 0 saturated carbocycles. The number of thiophene rings is 1. The van der Waals surface area contributed by atoms with Crippen molar-refractivity contribution < 1.29 is 26.3 Å². The second-order valence-corrected chi connectivity index (χ2v) is 10.4. The third-order valence-electron chi connectivity index (χ3n) is 7.09. The zero-order valence-electron chi connectivity index (χ0n) is 19.6. The van der Waals surface area contributed by atoms with Gasteiger partial charge in [-0.05, 0) is 24.6 Å². The highest BCUT2D eigenvalue weighted by Crippen LogP contribution is 2.67. The molecule has 2 heterocycles. The van der Waals surface area contributed by atoms with Crippen molar-refractivity contribution in [3.8, 4) is 11.3 Å². The molecule has 8 heteroatoms. The minimum absolute atomic E-state index is 0.166. The molecule has 0 unspecified atom stereocenters. The highest BCUT2D eigenvalue weighted by Gasteiger charge is 2.80. The molecule has 2 aromatic heterocycles. The first-order chi connectivity index (χ1) is 17.5. The van der Waals surface area contributed by atoms with E-state index in [1.54, 1.807) is 78.3 Å². The lowest BCUT2D eigenvalue weighted by molar-refractivity contribution is -0.254. The molecular weight excluding hydrogens is 508 g/mol. The Balaban J connectivity index is 1.86. The molecular formula is C29H19F6NS. The lowest BCUT2D eigenvalue weighted by Crippen LogP contribution is -2.49. The molecule has 1 nitrogen and oxygen atoms in total. The van der Waals surface area contributed by atoms with E-state index in [1.807, 2.05) is 0 Å². The molecule has 0 N–H and O–H groups in total. The fourth-order valence-electron chi connectivity index (χ4n) is 5.45. The summed E-state index contributed by atoms with van der Waals surface area (Å²) in [5, 5.41) is 0.439. The van der Waals surface area contributed by atoms with E-state index in [4.69, 9.17) is 0 Å². The van der Waals surface area contributed by atoms with Crippen LogP contribution in [0.1, 0.15) is 16.0 Å². The van der Waals surface area contributed by atoms with Gasteiger partial charge in [0.1, 0.15) is 0 Å². The Morgan fingerprint density at radius 2 is 1.19 bits per heavy atom. The number of nitrogens with zero attached hydrogens (tertiary/aromatic N) is 1. The van der Waals surface area contributed by atoms with Crippen LogP contribution in [0.5, 0.6) is 0 Å². The quantitative estimate of drug-likeness (QED) is 0.206. The average Bonchev–Trinajstić information content (AvgIpc) is 3.38. The van der Waals surface area contributed by atoms with Crippen LogP contribution < -0.4 is 0 Å². The molecule has 0 atom stereocenters. The fraction of sp³-hybridized carbons (Fsp3) is 0.172. The van der Waals surface area contributed by atoms with Gasteiger partial charge in [0.2, 0.25) is 0 Å². The van der Waals surface area contributed by atoms with Gasteiger partial charge in [-0.3, -0.25) is 0 Å².